The van der Waals surface area contributed by atoms with E-state index in [1.54, 1.807) is 12.1 Å². The van der Waals surface area contributed by atoms with Crippen molar-refractivity contribution in [2.45, 2.75) is 63.7 Å². The lowest BCUT2D eigenvalue weighted by molar-refractivity contribution is -0.274. The summed E-state index contributed by atoms with van der Waals surface area (Å²) in [5.74, 6) is -4.20. The number of rotatable bonds is 13. The van der Waals surface area contributed by atoms with Crippen molar-refractivity contribution in [1.29, 1.82) is 0 Å². The van der Waals surface area contributed by atoms with Crippen LogP contribution >= 0.6 is 0 Å². The Labute approximate surface area is 372 Å². The largest absolute Gasteiger partial charge is 0.573 e. The Hall–Kier alpha value is -6.62. The second-order valence-corrected chi connectivity index (χ2v) is 16.6. The zero-order valence-electron chi connectivity index (χ0n) is 35.2. The Morgan fingerprint density at radius 1 is 0.864 bits per heavy atom. The highest BCUT2D eigenvalue weighted by molar-refractivity contribution is 6.25. The minimum absolute atomic E-state index is 0.0235. The molecule has 17 nitrogen and oxygen atoms in total. The number of ether oxygens (including phenoxy) is 1. The molecule has 0 radical (unpaired) electrons. The number of aromatic nitrogens is 3. The normalized spacial score (nSPS) is 18.8. The summed E-state index contributed by atoms with van der Waals surface area (Å²) in [4.78, 5) is 85.3. The van der Waals surface area contributed by atoms with Crippen LogP contribution in [0.3, 0.4) is 0 Å². The van der Waals surface area contributed by atoms with E-state index in [1.807, 2.05) is 11.0 Å². The number of hydrogen-bond donors (Lipinski definition) is 4. The maximum absolute atomic E-state index is 13.6. The first-order valence-corrected chi connectivity index (χ1v) is 21.3. The predicted molar refractivity (Wildman–Crippen MR) is 222 cm³/mol. The lowest BCUT2D eigenvalue weighted by Gasteiger charge is -2.47. The molecule has 8 rings (SSSR count). The van der Waals surface area contributed by atoms with Gasteiger partial charge in [-0.3, -0.25) is 43.7 Å². The molecule has 6 amide bonds. The molecule has 4 aliphatic rings. The summed E-state index contributed by atoms with van der Waals surface area (Å²) >= 11 is 0. The van der Waals surface area contributed by atoms with Crippen LogP contribution in [0.1, 0.15) is 75.4 Å². The highest BCUT2D eigenvalue weighted by atomic mass is 19.4. The summed E-state index contributed by atoms with van der Waals surface area (Å²) in [6.07, 6.45) is -5.02. The Bertz CT molecular complexity index is 2570. The lowest BCUT2D eigenvalue weighted by atomic mass is 9.71. The van der Waals surface area contributed by atoms with E-state index in [4.69, 9.17) is 0 Å². The summed E-state index contributed by atoms with van der Waals surface area (Å²) in [7, 11) is 0. The standard InChI is InChI=1S/C43H44F6N10O7/c44-42(45,46)33-6-2-4-27(52-33)37(62)53-29-21-25-24-58(55-28(25)22-32(29)66-43(47,48)49)20-15-50-13-14-51-23-35(61)57-18-11-41(12-19-57)9-16-56(17-10-41)30-5-1-3-26-36(30)40(65)59(39(26)64)31-7-8-34(60)54-38(31)63/h1-6,21-22,24,31,50-51H,7-20,23H2,(H,53,62)(H,54,60,63). The molecule has 1 atom stereocenters. The van der Waals surface area contributed by atoms with Gasteiger partial charge < -0.3 is 30.5 Å². The Balaban J connectivity index is 0.763. The van der Waals surface area contributed by atoms with Gasteiger partial charge in [-0.15, -0.1) is 13.2 Å². The van der Waals surface area contributed by atoms with Gasteiger partial charge in [0.05, 0.1) is 41.1 Å². The first-order valence-electron chi connectivity index (χ1n) is 21.3. The van der Waals surface area contributed by atoms with E-state index in [-0.39, 0.29) is 47.4 Å². The van der Waals surface area contributed by atoms with E-state index >= 15 is 0 Å². The number of amides is 6. The number of likely N-dealkylation sites (tertiary alicyclic amines) is 1. The number of nitrogens with one attached hydrogen (secondary N) is 4. The third-order valence-electron chi connectivity index (χ3n) is 12.5. The van der Waals surface area contributed by atoms with Crippen LogP contribution in [0.5, 0.6) is 5.75 Å². The van der Waals surface area contributed by atoms with E-state index in [0.717, 1.165) is 54.8 Å². The van der Waals surface area contributed by atoms with Crippen LogP contribution in [0, 0.1) is 5.41 Å². The summed E-state index contributed by atoms with van der Waals surface area (Å²) in [6.45, 7) is 4.30. The third kappa shape index (κ3) is 9.95. The minimum atomic E-state index is -5.15. The number of piperidine rings is 3. The molecule has 0 aliphatic carbocycles. The molecule has 2 aromatic carbocycles. The molecule has 66 heavy (non-hydrogen) atoms. The Kier molecular flexibility index (Phi) is 12.8. The number of halogens is 6. The van der Waals surface area contributed by atoms with Crippen molar-refractivity contribution < 1.29 is 59.8 Å². The summed E-state index contributed by atoms with van der Waals surface area (Å²) in [6, 6.07) is 8.81. The molecule has 4 N–H and O–H groups in total. The molecule has 23 heteroatoms. The molecule has 4 aromatic rings. The van der Waals surface area contributed by atoms with Crippen LogP contribution in [0.4, 0.5) is 37.7 Å². The van der Waals surface area contributed by atoms with Crippen molar-refractivity contribution >= 4 is 57.7 Å². The minimum Gasteiger partial charge on any atom is -0.403 e. The van der Waals surface area contributed by atoms with Crippen molar-refractivity contribution in [2.75, 3.05) is 62.6 Å². The number of hydrogen-bond acceptors (Lipinski definition) is 12. The number of alkyl halides is 6. The van der Waals surface area contributed by atoms with Crippen LogP contribution in [0.15, 0.2) is 54.7 Å². The summed E-state index contributed by atoms with van der Waals surface area (Å²) in [5.41, 5.74) is -1.16. The fourth-order valence-corrected chi connectivity index (χ4v) is 8.95. The number of imide groups is 2. The van der Waals surface area contributed by atoms with Crippen LogP contribution in [0.25, 0.3) is 10.9 Å². The highest BCUT2D eigenvalue weighted by Gasteiger charge is 2.47. The van der Waals surface area contributed by atoms with E-state index in [1.165, 1.54) is 10.9 Å². The molecule has 0 saturated carbocycles. The van der Waals surface area contributed by atoms with Gasteiger partial charge in [0.25, 0.3) is 17.7 Å². The number of benzene rings is 2. The number of nitrogens with zero attached hydrogens (tertiary/aromatic N) is 6. The van der Waals surface area contributed by atoms with Gasteiger partial charge in [0.1, 0.15) is 17.4 Å². The van der Waals surface area contributed by atoms with E-state index in [2.05, 4.69) is 41.0 Å². The van der Waals surface area contributed by atoms with Gasteiger partial charge in [-0.1, -0.05) is 12.1 Å². The van der Waals surface area contributed by atoms with Crippen LogP contribution < -0.4 is 30.9 Å². The fraction of sp³-hybridized carbons (Fsp3) is 0.442. The molecule has 6 heterocycles. The third-order valence-corrected chi connectivity index (χ3v) is 12.5. The molecular weight excluding hydrogens is 883 g/mol. The van der Waals surface area contributed by atoms with Crippen molar-refractivity contribution in [3.8, 4) is 5.75 Å². The lowest BCUT2D eigenvalue weighted by Crippen LogP contribution is -2.54. The Morgan fingerprint density at radius 2 is 1.58 bits per heavy atom. The second kappa shape index (κ2) is 18.3. The van der Waals surface area contributed by atoms with Crippen molar-refractivity contribution in [1.82, 2.24) is 40.5 Å². The average molecular weight is 927 g/mol. The SMILES string of the molecule is O=C1CCC(N2C(=O)c3cccc(N4CCC5(CCN(C(=O)CNCCNCCn6cc7cc(NC(=O)c8cccc(C(F)(F)F)n8)c(OC(F)(F)F)cc7n6)CC5)CC4)c3C2=O)C(=O)N1. The molecule has 350 valence electrons. The maximum Gasteiger partial charge on any atom is 0.573 e. The monoisotopic (exact) mass is 926 g/mol. The van der Waals surface area contributed by atoms with Gasteiger partial charge in [-0.05, 0) is 67.9 Å². The van der Waals surface area contributed by atoms with E-state index < -0.39 is 70.9 Å². The quantitative estimate of drug-likeness (QED) is 0.0853. The number of pyridine rings is 1. The van der Waals surface area contributed by atoms with E-state index in [0.29, 0.717) is 69.5 Å². The van der Waals surface area contributed by atoms with E-state index in [9.17, 15) is 55.1 Å². The molecule has 3 saturated heterocycles. The van der Waals surface area contributed by atoms with Gasteiger partial charge in [0.2, 0.25) is 17.7 Å². The number of anilines is 2. The van der Waals surface area contributed by atoms with Crippen molar-refractivity contribution in [3.63, 3.8) is 0 Å². The molecule has 2 aromatic heterocycles. The smallest absolute Gasteiger partial charge is 0.403 e. The number of carbonyl (C=O) groups excluding carboxylic acids is 6. The fourth-order valence-electron chi connectivity index (χ4n) is 8.95. The molecule has 4 aliphatic heterocycles. The van der Waals surface area contributed by atoms with Gasteiger partial charge in [-0.25, -0.2) is 4.98 Å². The zero-order valence-corrected chi connectivity index (χ0v) is 35.2. The van der Waals surface area contributed by atoms with Gasteiger partial charge in [0, 0.05) is 69.9 Å². The second-order valence-electron chi connectivity index (χ2n) is 16.6. The first kappa shape index (κ1) is 45.9. The Morgan fingerprint density at radius 3 is 2.29 bits per heavy atom. The predicted octanol–water partition coefficient (Wildman–Crippen LogP) is 4.09. The maximum atomic E-state index is 13.6. The molecule has 3 fully saturated rings. The van der Waals surface area contributed by atoms with Gasteiger partial charge in [0.15, 0.2) is 5.75 Å². The summed E-state index contributed by atoms with van der Waals surface area (Å²) in [5, 5.41) is 15.3. The molecule has 1 spiro atoms. The van der Waals surface area contributed by atoms with Crippen LogP contribution in [-0.2, 0) is 27.1 Å². The number of fused-ring (bicyclic) bond motifs is 2. The molecule has 0 bridgehead atoms. The highest BCUT2D eigenvalue weighted by Crippen LogP contribution is 2.44. The zero-order chi connectivity index (χ0) is 47.0. The number of carbonyl (C=O) groups is 6. The van der Waals surface area contributed by atoms with Gasteiger partial charge in [-0.2, -0.15) is 18.3 Å². The average Bonchev–Trinajstić information content (AvgIpc) is 3.78. The van der Waals surface area contributed by atoms with Crippen LogP contribution in [-0.4, -0.2) is 125 Å². The van der Waals surface area contributed by atoms with Crippen LogP contribution in [0.2, 0.25) is 0 Å². The van der Waals surface area contributed by atoms with Crippen molar-refractivity contribution in [3.05, 3.63) is 77.2 Å². The first-order chi connectivity index (χ1) is 31.4. The molecular formula is C43H44F6N10O7. The molecule has 1 unspecified atom stereocenters. The van der Waals surface area contributed by atoms with Crippen molar-refractivity contribution in [2.24, 2.45) is 5.41 Å². The topological polar surface area (TPSA) is 200 Å². The summed E-state index contributed by atoms with van der Waals surface area (Å²) < 4.78 is 84.7. The van der Waals surface area contributed by atoms with Gasteiger partial charge >= 0.3 is 12.5 Å².